The fourth-order valence-corrected chi connectivity index (χ4v) is 2.84. The number of alkyl halides is 3. The molecule has 3 rings (SSSR count). The molecule has 1 amide bonds. The van der Waals surface area contributed by atoms with Crippen LogP contribution in [-0.2, 0) is 11.0 Å². The molecule has 1 aliphatic rings. The Hall–Kier alpha value is -2.35. The normalized spacial score (nSPS) is 17.0. The van der Waals surface area contributed by atoms with E-state index in [0.29, 0.717) is 18.5 Å². The van der Waals surface area contributed by atoms with Crippen molar-refractivity contribution in [1.29, 1.82) is 0 Å². The van der Waals surface area contributed by atoms with Gasteiger partial charge < -0.3 is 11.1 Å². The van der Waals surface area contributed by atoms with Crippen LogP contribution < -0.4 is 11.1 Å². The van der Waals surface area contributed by atoms with Crippen LogP contribution in [0.3, 0.4) is 0 Å². The summed E-state index contributed by atoms with van der Waals surface area (Å²) in [7, 11) is 0. The third-order valence-electron chi connectivity index (χ3n) is 4.23. The van der Waals surface area contributed by atoms with Crippen LogP contribution in [0.1, 0.15) is 31.2 Å². The molecule has 5 nitrogen and oxygen atoms in total. The lowest BCUT2D eigenvalue weighted by Gasteiger charge is -2.21. The summed E-state index contributed by atoms with van der Waals surface area (Å²) in [4.78, 5) is 12.2. The van der Waals surface area contributed by atoms with Crippen LogP contribution in [0, 0.1) is 0 Å². The summed E-state index contributed by atoms with van der Waals surface area (Å²) in [6.45, 7) is 0. The van der Waals surface area contributed by atoms with Crippen LogP contribution in [0.25, 0.3) is 5.69 Å². The first-order chi connectivity index (χ1) is 11.3. The Morgan fingerprint density at radius 1 is 1.29 bits per heavy atom. The van der Waals surface area contributed by atoms with Crippen molar-refractivity contribution in [3.63, 3.8) is 0 Å². The molecule has 0 atom stereocenters. The van der Waals surface area contributed by atoms with Gasteiger partial charge in [0.2, 0.25) is 5.91 Å². The molecule has 1 aromatic carbocycles. The van der Waals surface area contributed by atoms with E-state index in [0.717, 1.165) is 25.0 Å². The highest BCUT2D eigenvalue weighted by Crippen LogP contribution is 2.31. The monoisotopic (exact) mass is 338 g/mol. The Morgan fingerprint density at radius 2 is 2.00 bits per heavy atom. The van der Waals surface area contributed by atoms with Gasteiger partial charge in [-0.2, -0.15) is 18.3 Å². The minimum atomic E-state index is -4.42. The highest BCUT2D eigenvalue weighted by atomic mass is 19.4. The maximum absolute atomic E-state index is 12.8. The average molecular weight is 338 g/mol. The molecule has 1 aromatic heterocycles. The molecule has 0 saturated heterocycles. The van der Waals surface area contributed by atoms with E-state index in [4.69, 9.17) is 5.73 Å². The summed E-state index contributed by atoms with van der Waals surface area (Å²) in [6.07, 6.45) is 1.50. The van der Waals surface area contributed by atoms with E-state index in [1.54, 1.807) is 0 Å². The van der Waals surface area contributed by atoms with E-state index in [9.17, 15) is 18.0 Å². The second-order valence-corrected chi connectivity index (χ2v) is 6.04. The van der Waals surface area contributed by atoms with Crippen molar-refractivity contribution in [2.45, 2.75) is 37.4 Å². The van der Waals surface area contributed by atoms with Crippen molar-refractivity contribution in [3.8, 4) is 5.69 Å². The summed E-state index contributed by atoms with van der Waals surface area (Å²) in [5, 5.41) is 6.70. The molecule has 8 heteroatoms. The predicted molar refractivity (Wildman–Crippen MR) is 82.6 cm³/mol. The highest BCUT2D eigenvalue weighted by Gasteiger charge is 2.37. The fourth-order valence-electron chi connectivity index (χ4n) is 2.84. The second kappa shape index (κ2) is 5.94. The van der Waals surface area contributed by atoms with Crippen LogP contribution in [0.2, 0.25) is 0 Å². The maximum Gasteiger partial charge on any atom is 0.416 e. The molecule has 0 aliphatic heterocycles. The zero-order valence-corrected chi connectivity index (χ0v) is 12.8. The van der Waals surface area contributed by atoms with Gasteiger partial charge in [-0.25, -0.2) is 4.68 Å². The van der Waals surface area contributed by atoms with E-state index < -0.39 is 17.3 Å². The van der Waals surface area contributed by atoms with Gasteiger partial charge in [-0.05, 0) is 31.0 Å². The lowest BCUT2D eigenvalue weighted by Crippen LogP contribution is -2.48. The Kier molecular flexibility index (Phi) is 4.08. The number of nitrogens with zero attached hydrogens (tertiary/aromatic N) is 2. The molecule has 0 bridgehead atoms. The van der Waals surface area contributed by atoms with Gasteiger partial charge in [0.05, 0.1) is 34.9 Å². The largest absolute Gasteiger partial charge is 0.416 e. The number of benzene rings is 1. The van der Waals surface area contributed by atoms with Gasteiger partial charge in [-0.1, -0.05) is 18.9 Å². The minimum absolute atomic E-state index is 0.258. The number of carbonyl (C=O) groups excluding carboxylic acids is 1. The summed E-state index contributed by atoms with van der Waals surface area (Å²) < 4.78 is 39.6. The van der Waals surface area contributed by atoms with Crippen molar-refractivity contribution in [1.82, 2.24) is 9.78 Å². The van der Waals surface area contributed by atoms with Crippen molar-refractivity contribution < 1.29 is 18.0 Å². The topological polar surface area (TPSA) is 72.9 Å². The quantitative estimate of drug-likeness (QED) is 0.903. The summed E-state index contributed by atoms with van der Waals surface area (Å²) in [5.74, 6) is -0.288. The molecule has 0 unspecified atom stereocenters. The van der Waals surface area contributed by atoms with Crippen molar-refractivity contribution in [2.24, 2.45) is 5.73 Å². The van der Waals surface area contributed by atoms with E-state index in [2.05, 4.69) is 10.4 Å². The first-order valence-corrected chi connectivity index (χ1v) is 7.61. The second-order valence-electron chi connectivity index (χ2n) is 6.04. The molecule has 2 aromatic rings. The number of nitrogens with two attached hydrogens (primary N) is 1. The third kappa shape index (κ3) is 3.28. The van der Waals surface area contributed by atoms with E-state index in [1.807, 2.05) is 0 Å². The molecule has 3 N–H and O–H groups in total. The summed E-state index contributed by atoms with van der Waals surface area (Å²) >= 11 is 0. The summed E-state index contributed by atoms with van der Waals surface area (Å²) in [5.41, 5.74) is 5.09. The maximum atomic E-state index is 12.8. The van der Waals surface area contributed by atoms with Crippen molar-refractivity contribution in [2.75, 3.05) is 5.32 Å². The average Bonchev–Trinajstić information content (AvgIpc) is 3.17. The van der Waals surface area contributed by atoms with Gasteiger partial charge >= 0.3 is 6.18 Å². The molecule has 1 heterocycles. The van der Waals surface area contributed by atoms with E-state index in [1.165, 1.54) is 29.2 Å². The fraction of sp³-hybridized carbons (Fsp3) is 0.375. The van der Waals surface area contributed by atoms with Gasteiger partial charge in [-0.3, -0.25) is 4.79 Å². The van der Waals surface area contributed by atoms with Crippen molar-refractivity contribution >= 4 is 11.6 Å². The molecule has 1 aliphatic carbocycles. The number of nitrogens with one attached hydrogen (secondary N) is 1. The molecular weight excluding hydrogens is 321 g/mol. The van der Waals surface area contributed by atoms with Gasteiger partial charge in [-0.15, -0.1) is 0 Å². The number of anilines is 1. The zero-order valence-electron chi connectivity index (χ0n) is 12.8. The van der Waals surface area contributed by atoms with Crippen LogP contribution >= 0.6 is 0 Å². The smallest absolute Gasteiger partial charge is 0.322 e. The Morgan fingerprint density at radius 3 is 2.67 bits per heavy atom. The Labute approximate surface area is 136 Å². The van der Waals surface area contributed by atoms with Crippen LogP contribution in [0.4, 0.5) is 18.9 Å². The van der Waals surface area contributed by atoms with E-state index >= 15 is 0 Å². The van der Waals surface area contributed by atoms with Crippen LogP contribution in [-0.4, -0.2) is 21.2 Å². The minimum Gasteiger partial charge on any atom is -0.322 e. The Balaban J connectivity index is 1.77. The van der Waals surface area contributed by atoms with Crippen LogP contribution in [0.15, 0.2) is 36.7 Å². The molecule has 1 saturated carbocycles. The first-order valence-electron chi connectivity index (χ1n) is 7.61. The molecule has 1 fully saturated rings. The lowest BCUT2D eigenvalue weighted by molar-refractivity contribution is -0.137. The number of halogens is 3. The number of amides is 1. The number of carbonyl (C=O) groups is 1. The predicted octanol–water partition coefficient (Wildman–Crippen LogP) is 3.10. The number of aromatic nitrogens is 2. The van der Waals surface area contributed by atoms with Gasteiger partial charge in [0.15, 0.2) is 0 Å². The number of hydrogen-bond donors (Lipinski definition) is 2. The standard InChI is InChI=1S/C16H17F3N4O/c17-16(18,19)11-4-3-5-13(8-11)23-10-12(9-21-23)22-14(24)15(20)6-1-2-7-15/h3-5,8-10H,1-2,6-7,20H2,(H,22,24). The number of hydrogen-bond acceptors (Lipinski definition) is 3. The highest BCUT2D eigenvalue weighted by molar-refractivity contribution is 5.98. The Bertz CT molecular complexity index is 748. The third-order valence-corrected chi connectivity index (χ3v) is 4.23. The van der Waals surface area contributed by atoms with Gasteiger partial charge in [0.1, 0.15) is 0 Å². The molecule has 0 radical (unpaired) electrons. The van der Waals surface area contributed by atoms with Gasteiger partial charge in [0, 0.05) is 0 Å². The lowest BCUT2D eigenvalue weighted by atomic mass is 9.98. The number of rotatable bonds is 3. The molecular formula is C16H17F3N4O. The van der Waals surface area contributed by atoms with Gasteiger partial charge in [0.25, 0.3) is 0 Å². The molecule has 24 heavy (non-hydrogen) atoms. The SMILES string of the molecule is NC1(C(=O)Nc2cnn(-c3cccc(C(F)(F)F)c3)c2)CCCC1. The zero-order chi connectivity index (χ0) is 17.4. The van der Waals surface area contributed by atoms with Crippen LogP contribution in [0.5, 0.6) is 0 Å². The molecule has 128 valence electrons. The molecule has 0 spiro atoms. The van der Waals surface area contributed by atoms with E-state index in [-0.39, 0.29) is 11.6 Å². The van der Waals surface area contributed by atoms with Crippen molar-refractivity contribution in [3.05, 3.63) is 42.2 Å². The first kappa shape index (κ1) is 16.5. The summed E-state index contributed by atoms with van der Waals surface area (Å²) in [6, 6.07) is 4.81.